The summed E-state index contributed by atoms with van der Waals surface area (Å²) >= 11 is 6.33. The van der Waals surface area contributed by atoms with E-state index in [9.17, 15) is 4.79 Å². The molecule has 1 fully saturated rings. The number of nitrogens with one attached hydrogen (secondary N) is 2. The van der Waals surface area contributed by atoms with Crippen LogP contribution in [0.2, 0.25) is 5.02 Å². The van der Waals surface area contributed by atoms with Crippen LogP contribution in [0.1, 0.15) is 32.3 Å². The second-order valence-corrected chi connectivity index (χ2v) is 6.67. The first-order chi connectivity index (χ1) is 10.0. The highest BCUT2D eigenvalue weighted by atomic mass is 35.5. The predicted molar refractivity (Wildman–Crippen MR) is 87.1 cm³/mol. The molecule has 2 heterocycles. The molecule has 1 aromatic rings. The lowest BCUT2D eigenvalue weighted by atomic mass is 10.0. The summed E-state index contributed by atoms with van der Waals surface area (Å²) in [4.78, 5) is 13.9. The summed E-state index contributed by atoms with van der Waals surface area (Å²) in [6, 6.07) is 4.95. The summed E-state index contributed by atoms with van der Waals surface area (Å²) in [7, 11) is 0. The second-order valence-electron chi connectivity index (χ2n) is 6.26. The van der Waals surface area contributed by atoms with Crippen LogP contribution >= 0.6 is 11.6 Å². The number of carbonyl (C=O) groups is 1. The Hall–Kier alpha value is -1.26. The van der Waals surface area contributed by atoms with E-state index in [1.807, 2.05) is 12.1 Å². The van der Waals surface area contributed by atoms with Gasteiger partial charge in [-0.3, -0.25) is 4.79 Å². The van der Waals surface area contributed by atoms with E-state index in [-0.39, 0.29) is 5.91 Å². The first-order valence-electron chi connectivity index (χ1n) is 7.66. The van der Waals surface area contributed by atoms with Crippen molar-refractivity contribution in [1.29, 1.82) is 0 Å². The van der Waals surface area contributed by atoms with Crippen LogP contribution in [0.25, 0.3) is 0 Å². The number of hydrogen-bond acceptors (Lipinski definition) is 3. The number of fused-ring (bicyclic) bond motifs is 1. The van der Waals surface area contributed by atoms with Gasteiger partial charge in [0.2, 0.25) is 5.91 Å². The summed E-state index contributed by atoms with van der Waals surface area (Å²) in [6.07, 6.45) is 2.71. The molecule has 4 nitrogen and oxygen atoms in total. The van der Waals surface area contributed by atoms with Crippen molar-refractivity contribution in [3.8, 4) is 0 Å². The molecular weight excluding hydrogens is 286 g/mol. The minimum atomic E-state index is 0.0449. The van der Waals surface area contributed by atoms with Crippen molar-refractivity contribution in [2.75, 3.05) is 23.7 Å². The second kappa shape index (κ2) is 5.85. The standard InChI is InChI=1S/C16H22ClN3O/c1-10(2)20-5-3-12(4-6-20)18-15-7-11-8-16(21)19-14(11)9-13(15)17/h7,9-10,12,18H,3-6,8H2,1-2H3,(H,19,21). The summed E-state index contributed by atoms with van der Waals surface area (Å²) in [6.45, 7) is 6.74. The third-order valence-corrected chi connectivity index (χ3v) is 4.75. The van der Waals surface area contributed by atoms with E-state index in [1.54, 1.807) is 0 Å². The third kappa shape index (κ3) is 3.16. The molecule has 0 spiro atoms. The molecule has 0 radical (unpaired) electrons. The summed E-state index contributed by atoms with van der Waals surface area (Å²) in [5, 5.41) is 7.07. The normalized spacial score (nSPS) is 19.7. The summed E-state index contributed by atoms with van der Waals surface area (Å²) in [5.74, 6) is 0.0449. The molecule has 114 valence electrons. The first kappa shape index (κ1) is 14.7. The van der Waals surface area contributed by atoms with Crippen LogP contribution in [0.5, 0.6) is 0 Å². The first-order valence-corrected chi connectivity index (χ1v) is 8.03. The number of nitrogens with zero attached hydrogens (tertiary/aromatic N) is 1. The van der Waals surface area contributed by atoms with Crippen molar-refractivity contribution in [2.45, 2.75) is 45.2 Å². The topological polar surface area (TPSA) is 44.4 Å². The fraction of sp³-hybridized carbons (Fsp3) is 0.562. The van der Waals surface area contributed by atoms with Crippen LogP contribution in [-0.4, -0.2) is 36.0 Å². The van der Waals surface area contributed by atoms with E-state index in [0.717, 1.165) is 42.9 Å². The Morgan fingerprint density at radius 1 is 1.33 bits per heavy atom. The van der Waals surface area contributed by atoms with Crippen molar-refractivity contribution in [2.24, 2.45) is 0 Å². The zero-order valence-corrected chi connectivity index (χ0v) is 13.3. The summed E-state index contributed by atoms with van der Waals surface area (Å²) < 4.78 is 0. The van der Waals surface area contributed by atoms with Crippen LogP contribution in [0.3, 0.4) is 0 Å². The maximum Gasteiger partial charge on any atom is 0.228 e. The quantitative estimate of drug-likeness (QED) is 0.902. The van der Waals surface area contributed by atoms with Crippen LogP contribution in [-0.2, 0) is 11.2 Å². The molecule has 0 saturated carbocycles. The largest absolute Gasteiger partial charge is 0.381 e. The van der Waals surface area contributed by atoms with Gasteiger partial charge in [-0.2, -0.15) is 0 Å². The molecule has 2 aliphatic rings. The number of carbonyl (C=O) groups excluding carboxylic acids is 1. The van der Waals surface area contributed by atoms with Gasteiger partial charge in [-0.1, -0.05) is 11.6 Å². The van der Waals surface area contributed by atoms with Gasteiger partial charge in [0.25, 0.3) is 0 Å². The number of benzene rings is 1. The van der Waals surface area contributed by atoms with Crippen molar-refractivity contribution >= 4 is 28.9 Å². The fourth-order valence-electron chi connectivity index (χ4n) is 3.14. The minimum absolute atomic E-state index is 0.0449. The number of anilines is 2. The molecule has 21 heavy (non-hydrogen) atoms. The van der Waals surface area contributed by atoms with E-state index in [4.69, 9.17) is 11.6 Å². The Bertz CT molecular complexity index is 551. The van der Waals surface area contributed by atoms with E-state index >= 15 is 0 Å². The molecule has 0 unspecified atom stereocenters. The molecule has 3 rings (SSSR count). The van der Waals surface area contributed by atoms with Gasteiger partial charge in [-0.05, 0) is 44.4 Å². The monoisotopic (exact) mass is 307 g/mol. The van der Waals surface area contributed by atoms with Gasteiger partial charge >= 0.3 is 0 Å². The van der Waals surface area contributed by atoms with Crippen molar-refractivity contribution in [1.82, 2.24) is 4.90 Å². The molecule has 5 heteroatoms. The number of rotatable bonds is 3. The van der Waals surface area contributed by atoms with Gasteiger partial charge in [0, 0.05) is 30.9 Å². The van der Waals surface area contributed by atoms with Crippen molar-refractivity contribution in [3.05, 3.63) is 22.7 Å². The Morgan fingerprint density at radius 3 is 2.71 bits per heavy atom. The van der Waals surface area contributed by atoms with E-state index in [2.05, 4.69) is 29.4 Å². The Morgan fingerprint density at radius 2 is 2.05 bits per heavy atom. The maximum absolute atomic E-state index is 11.4. The smallest absolute Gasteiger partial charge is 0.228 e. The third-order valence-electron chi connectivity index (χ3n) is 4.44. The number of halogens is 1. The molecule has 1 amide bonds. The maximum atomic E-state index is 11.4. The fourth-order valence-corrected chi connectivity index (χ4v) is 3.36. The molecular formula is C16H22ClN3O. The molecule has 0 aromatic heterocycles. The molecule has 2 N–H and O–H groups in total. The van der Waals surface area contributed by atoms with Gasteiger partial charge in [0.1, 0.15) is 0 Å². The van der Waals surface area contributed by atoms with Gasteiger partial charge in [0.15, 0.2) is 0 Å². The average molecular weight is 308 g/mol. The SMILES string of the molecule is CC(C)N1CCC(Nc2cc3c(cc2Cl)NC(=O)C3)CC1. The Balaban J connectivity index is 1.66. The Kier molecular flexibility index (Phi) is 4.09. The van der Waals surface area contributed by atoms with E-state index in [0.29, 0.717) is 23.5 Å². The van der Waals surface area contributed by atoms with Gasteiger partial charge in [-0.15, -0.1) is 0 Å². The molecule has 2 aliphatic heterocycles. The molecule has 0 atom stereocenters. The highest BCUT2D eigenvalue weighted by molar-refractivity contribution is 6.33. The number of hydrogen-bond donors (Lipinski definition) is 2. The highest BCUT2D eigenvalue weighted by Gasteiger charge is 2.23. The lowest BCUT2D eigenvalue weighted by Gasteiger charge is -2.35. The lowest BCUT2D eigenvalue weighted by Crippen LogP contribution is -2.42. The lowest BCUT2D eigenvalue weighted by molar-refractivity contribution is -0.115. The number of amides is 1. The summed E-state index contributed by atoms with van der Waals surface area (Å²) in [5.41, 5.74) is 2.84. The minimum Gasteiger partial charge on any atom is -0.381 e. The van der Waals surface area contributed by atoms with Crippen LogP contribution < -0.4 is 10.6 Å². The zero-order valence-electron chi connectivity index (χ0n) is 12.6. The van der Waals surface area contributed by atoms with Gasteiger partial charge in [-0.25, -0.2) is 0 Å². The van der Waals surface area contributed by atoms with Crippen molar-refractivity contribution in [3.63, 3.8) is 0 Å². The van der Waals surface area contributed by atoms with E-state index < -0.39 is 0 Å². The molecule has 0 aliphatic carbocycles. The van der Waals surface area contributed by atoms with Crippen molar-refractivity contribution < 1.29 is 4.79 Å². The Labute approximate surface area is 130 Å². The molecule has 0 bridgehead atoms. The van der Waals surface area contributed by atoms with Crippen LogP contribution in [0.15, 0.2) is 12.1 Å². The predicted octanol–water partition coefficient (Wildman–Crippen LogP) is 3.12. The number of likely N-dealkylation sites (tertiary alicyclic amines) is 1. The highest BCUT2D eigenvalue weighted by Crippen LogP contribution is 2.33. The van der Waals surface area contributed by atoms with Gasteiger partial charge in [0.05, 0.1) is 17.1 Å². The van der Waals surface area contributed by atoms with Crippen LogP contribution in [0, 0.1) is 0 Å². The van der Waals surface area contributed by atoms with Crippen LogP contribution in [0.4, 0.5) is 11.4 Å². The van der Waals surface area contributed by atoms with Gasteiger partial charge < -0.3 is 15.5 Å². The molecule has 1 saturated heterocycles. The van der Waals surface area contributed by atoms with E-state index in [1.165, 1.54) is 0 Å². The molecule has 1 aromatic carbocycles. The zero-order chi connectivity index (χ0) is 15.0. The number of piperidine rings is 1. The average Bonchev–Trinajstić information content (AvgIpc) is 2.79.